The lowest BCUT2D eigenvalue weighted by Crippen LogP contribution is -2.36. The van der Waals surface area contributed by atoms with Crippen LogP contribution in [0.15, 0.2) is 0 Å². The normalized spacial score (nSPS) is 14.7. The van der Waals surface area contributed by atoms with Crippen LogP contribution in [0.3, 0.4) is 0 Å². The molecule has 0 aliphatic heterocycles. The van der Waals surface area contributed by atoms with Gasteiger partial charge in [0.05, 0.1) is 6.07 Å². The molecule has 0 aliphatic rings. The van der Waals surface area contributed by atoms with Crippen LogP contribution in [0, 0.1) is 17.2 Å². The summed E-state index contributed by atoms with van der Waals surface area (Å²) >= 11 is 0. The highest BCUT2D eigenvalue weighted by molar-refractivity contribution is 5.73. The molecule has 0 aromatic carbocycles. The van der Waals surface area contributed by atoms with E-state index in [1.165, 1.54) is 6.92 Å². The number of nitriles is 1. The van der Waals surface area contributed by atoms with Gasteiger partial charge in [-0.1, -0.05) is 20.3 Å². The molecule has 0 saturated carbocycles. The molecule has 1 amide bonds. The predicted molar refractivity (Wildman–Crippen MR) is 42.7 cm³/mol. The molecule has 0 fully saturated rings. The Hall–Kier alpha value is -1.04. The molecular weight excluding hydrogens is 140 g/mol. The number of rotatable bonds is 3. The number of carbonyl (C=O) groups is 1. The molecule has 2 atom stereocenters. The fraction of sp³-hybridized carbons (Fsp3) is 0.750. The summed E-state index contributed by atoms with van der Waals surface area (Å²) in [6.07, 6.45) is 0.901. The molecule has 0 saturated heterocycles. The average Bonchev–Trinajstić information content (AvgIpc) is 1.98. The van der Waals surface area contributed by atoms with E-state index < -0.39 is 0 Å². The maximum Gasteiger partial charge on any atom is 0.217 e. The summed E-state index contributed by atoms with van der Waals surface area (Å²) in [6, 6.07) is 1.72. The van der Waals surface area contributed by atoms with Crippen molar-refractivity contribution in [2.24, 2.45) is 5.92 Å². The first-order valence-corrected chi connectivity index (χ1v) is 3.78. The average molecular weight is 154 g/mol. The Morgan fingerprint density at radius 2 is 2.27 bits per heavy atom. The van der Waals surface area contributed by atoms with Crippen LogP contribution in [-0.2, 0) is 4.79 Å². The van der Waals surface area contributed by atoms with E-state index in [-0.39, 0.29) is 17.9 Å². The quantitative estimate of drug-likeness (QED) is 0.660. The summed E-state index contributed by atoms with van der Waals surface area (Å²) in [5.74, 6) is 0.0840. The summed E-state index contributed by atoms with van der Waals surface area (Å²) in [6.45, 7) is 5.37. The van der Waals surface area contributed by atoms with E-state index in [4.69, 9.17) is 5.26 Å². The van der Waals surface area contributed by atoms with Crippen molar-refractivity contribution in [2.75, 3.05) is 0 Å². The van der Waals surface area contributed by atoms with Crippen LogP contribution in [0.4, 0.5) is 0 Å². The second-order valence-corrected chi connectivity index (χ2v) is 2.69. The third kappa shape index (κ3) is 3.61. The van der Waals surface area contributed by atoms with Crippen molar-refractivity contribution in [3.05, 3.63) is 0 Å². The molecule has 0 heterocycles. The van der Waals surface area contributed by atoms with Gasteiger partial charge in [-0.25, -0.2) is 0 Å². The first-order chi connectivity index (χ1) is 5.11. The Labute approximate surface area is 67.4 Å². The van der Waals surface area contributed by atoms with Gasteiger partial charge in [0.15, 0.2) is 0 Å². The highest BCUT2D eigenvalue weighted by Crippen LogP contribution is 2.05. The smallest absolute Gasteiger partial charge is 0.217 e. The van der Waals surface area contributed by atoms with E-state index in [9.17, 15) is 4.79 Å². The molecule has 0 aromatic heterocycles. The number of amides is 1. The van der Waals surface area contributed by atoms with Crippen LogP contribution in [0.1, 0.15) is 27.2 Å². The van der Waals surface area contributed by atoms with Crippen molar-refractivity contribution < 1.29 is 4.79 Å². The van der Waals surface area contributed by atoms with E-state index in [1.54, 1.807) is 0 Å². The van der Waals surface area contributed by atoms with Gasteiger partial charge < -0.3 is 5.32 Å². The summed E-state index contributed by atoms with van der Waals surface area (Å²) in [7, 11) is 0. The van der Waals surface area contributed by atoms with Gasteiger partial charge in [0.2, 0.25) is 5.91 Å². The van der Waals surface area contributed by atoms with Crippen molar-refractivity contribution >= 4 is 5.91 Å². The summed E-state index contributed by atoms with van der Waals surface area (Å²) in [5.41, 5.74) is 0. The molecule has 0 aromatic rings. The zero-order chi connectivity index (χ0) is 8.85. The molecule has 0 aliphatic carbocycles. The largest absolute Gasteiger partial charge is 0.340 e. The zero-order valence-corrected chi connectivity index (χ0v) is 7.22. The summed E-state index contributed by atoms with van der Waals surface area (Å²) < 4.78 is 0. The minimum atomic E-state index is -0.336. The molecule has 3 heteroatoms. The van der Waals surface area contributed by atoms with Crippen LogP contribution < -0.4 is 5.32 Å². The summed E-state index contributed by atoms with van der Waals surface area (Å²) in [5, 5.41) is 11.2. The van der Waals surface area contributed by atoms with E-state index in [1.807, 2.05) is 13.8 Å². The molecule has 3 nitrogen and oxygen atoms in total. The van der Waals surface area contributed by atoms with Crippen LogP contribution in [0.5, 0.6) is 0 Å². The number of nitrogens with zero attached hydrogens (tertiary/aromatic N) is 1. The Morgan fingerprint density at radius 1 is 1.73 bits per heavy atom. The Bertz CT molecular complexity index is 171. The Balaban J connectivity index is 3.97. The van der Waals surface area contributed by atoms with Gasteiger partial charge in [-0.15, -0.1) is 0 Å². The Morgan fingerprint density at radius 3 is 2.55 bits per heavy atom. The highest BCUT2D eigenvalue weighted by atomic mass is 16.1. The second-order valence-electron chi connectivity index (χ2n) is 2.69. The maximum atomic E-state index is 10.6. The number of hydrogen-bond acceptors (Lipinski definition) is 2. The van der Waals surface area contributed by atoms with Crippen LogP contribution in [-0.4, -0.2) is 11.9 Å². The molecule has 2 unspecified atom stereocenters. The fourth-order valence-electron chi connectivity index (χ4n) is 0.756. The summed E-state index contributed by atoms with van der Waals surface area (Å²) in [4.78, 5) is 10.6. The third-order valence-electron chi connectivity index (χ3n) is 1.71. The highest BCUT2D eigenvalue weighted by Gasteiger charge is 2.14. The van der Waals surface area contributed by atoms with Crippen molar-refractivity contribution in [1.29, 1.82) is 5.26 Å². The van der Waals surface area contributed by atoms with Gasteiger partial charge in [-0.05, 0) is 5.92 Å². The molecule has 0 radical (unpaired) electrons. The molecule has 0 bridgehead atoms. The lowest BCUT2D eigenvalue weighted by molar-refractivity contribution is -0.119. The molecule has 62 valence electrons. The van der Waals surface area contributed by atoms with E-state index in [2.05, 4.69) is 11.4 Å². The van der Waals surface area contributed by atoms with Gasteiger partial charge in [0.25, 0.3) is 0 Å². The van der Waals surface area contributed by atoms with Gasteiger partial charge in [0, 0.05) is 6.92 Å². The SMILES string of the molecule is CCC(C)C(C#N)NC(C)=O. The number of hydrogen-bond donors (Lipinski definition) is 1. The van der Waals surface area contributed by atoms with Crippen molar-refractivity contribution in [3.63, 3.8) is 0 Å². The van der Waals surface area contributed by atoms with E-state index in [0.717, 1.165) is 6.42 Å². The first kappa shape index (κ1) is 9.96. The third-order valence-corrected chi connectivity index (χ3v) is 1.71. The minimum absolute atomic E-state index is 0.142. The van der Waals surface area contributed by atoms with Gasteiger partial charge in [-0.3, -0.25) is 4.79 Å². The van der Waals surface area contributed by atoms with Crippen molar-refractivity contribution in [1.82, 2.24) is 5.32 Å². The molecular formula is C8H14N2O. The number of nitrogens with one attached hydrogen (secondary N) is 1. The maximum absolute atomic E-state index is 10.6. The molecule has 0 rings (SSSR count). The van der Waals surface area contributed by atoms with Gasteiger partial charge in [0.1, 0.15) is 6.04 Å². The van der Waals surface area contributed by atoms with Gasteiger partial charge in [-0.2, -0.15) is 5.26 Å². The molecule has 0 spiro atoms. The zero-order valence-electron chi connectivity index (χ0n) is 7.22. The topological polar surface area (TPSA) is 52.9 Å². The monoisotopic (exact) mass is 154 g/mol. The molecule has 11 heavy (non-hydrogen) atoms. The first-order valence-electron chi connectivity index (χ1n) is 3.78. The van der Waals surface area contributed by atoms with Crippen LogP contribution >= 0.6 is 0 Å². The van der Waals surface area contributed by atoms with Gasteiger partial charge >= 0.3 is 0 Å². The lowest BCUT2D eigenvalue weighted by Gasteiger charge is -2.15. The second kappa shape index (κ2) is 4.73. The van der Waals surface area contributed by atoms with E-state index in [0.29, 0.717) is 0 Å². The van der Waals surface area contributed by atoms with Crippen molar-refractivity contribution in [3.8, 4) is 6.07 Å². The lowest BCUT2D eigenvalue weighted by atomic mass is 10.0. The van der Waals surface area contributed by atoms with Crippen LogP contribution in [0.25, 0.3) is 0 Å². The minimum Gasteiger partial charge on any atom is -0.340 e. The van der Waals surface area contributed by atoms with E-state index >= 15 is 0 Å². The Kier molecular flexibility index (Phi) is 4.28. The number of carbonyl (C=O) groups excluding carboxylic acids is 1. The van der Waals surface area contributed by atoms with Crippen LogP contribution in [0.2, 0.25) is 0 Å². The standard InChI is InChI=1S/C8H14N2O/c1-4-6(2)8(5-9)10-7(3)11/h6,8H,4H2,1-3H3,(H,10,11). The fourth-order valence-corrected chi connectivity index (χ4v) is 0.756. The predicted octanol–water partition coefficient (Wildman–Crippen LogP) is 1.06. The molecule has 1 N–H and O–H groups in total. The van der Waals surface area contributed by atoms with Crippen molar-refractivity contribution in [2.45, 2.75) is 33.2 Å².